The molecule has 0 aliphatic heterocycles. The number of ether oxygens (including phenoxy) is 2. The topological polar surface area (TPSA) is 105 Å². The third kappa shape index (κ3) is 3.37. The Bertz CT molecular complexity index is 553. The van der Waals surface area contributed by atoms with Crippen molar-refractivity contribution >= 4 is 17.6 Å². The molecule has 0 aliphatic rings. The van der Waals surface area contributed by atoms with Gasteiger partial charge in [-0.3, -0.25) is 0 Å². The van der Waals surface area contributed by atoms with Crippen LogP contribution in [0.25, 0.3) is 0 Å². The molecule has 0 atom stereocenters. The Balaban J connectivity index is 3.10. The number of benzene rings is 1. The average Bonchev–Trinajstić information content (AvgIpc) is 2.37. The summed E-state index contributed by atoms with van der Waals surface area (Å²) in [6.07, 6.45) is 0.741. The summed E-state index contributed by atoms with van der Waals surface area (Å²) in [4.78, 5) is 21.3. The molecule has 3 N–H and O–H groups in total. The highest BCUT2D eigenvalue weighted by Gasteiger charge is 2.16. The maximum Gasteiger partial charge on any atom is 0.344 e. The van der Waals surface area contributed by atoms with E-state index in [0.717, 1.165) is 12.3 Å². The van der Waals surface area contributed by atoms with Crippen molar-refractivity contribution < 1.29 is 33.7 Å². The van der Waals surface area contributed by atoms with Crippen LogP contribution in [0.4, 0.5) is 10.1 Å². The predicted molar refractivity (Wildman–Crippen MR) is 66.5 cm³/mol. The fraction of sp³-hybridized carbons (Fsp3) is 0.167. The molecule has 0 fully saturated rings. The zero-order valence-electron chi connectivity index (χ0n) is 10.6. The van der Waals surface area contributed by atoms with Crippen LogP contribution in [0.15, 0.2) is 23.9 Å². The Kier molecular flexibility index (Phi) is 4.90. The molecule has 7 nitrogen and oxygen atoms in total. The molecule has 1 rings (SSSR count). The summed E-state index contributed by atoms with van der Waals surface area (Å²) in [6.45, 7) is 0. The van der Waals surface area contributed by atoms with Crippen molar-refractivity contribution in [2.24, 2.45) is 0 Å². The Morgan fingerprint density at radius 3 is 2.25 bits per heavy atom. The number of rotatable bonds is 6. The summed E-state index contributed by atoms with van der Waals surface area (Å²) in [5.41, 5.74) is -0.777. The van der Waals surface area contributed by atoms with E-state index in [1.165, 1.54) is 20.3 Å². The second-order valence-electron chi connectivity index (χ2n) is 3.51. The highest BCUT2D eigenvalue weighted by Crippen LogP contribution is 2.33. The monoisotopic (exact) mass is 285 g/mol. The van der Waals surface area contributed by atoms with E-state index in [9.17, 15) is 14.0 Å². The number of halogens is 1. The minimum atomic E-state index is -1.62. The smallest absolute Gasteiger partial charge is 0.344 e. The molecular weight excluding hydrogens is 273 g/mol. The summed E-state index contributed by atoms with van der Waals surface area (Å²) in [7, 11) is 2.57. The van der Waals surface area contributed by atoms with Crippen molar-refractivity contribution in [2.75, 3.05) is 19.5 Å². The van der Waals surface area contributed by atoms with Gasteiger partial charge in [0, 0.05) is 24.0 Å². The lowest BCUT2D eigenvalue weighted by Crippen LogP contribution is -2.13. The Morgan fingerprint density at radius 1 is 1.20 bits per heavy atom. The third-order valence-corrected chi connectivity index (χ3v) is 2.28. The van der Waals surface area contributed by atoms with E-state index < -0.39 is 23.3 Å². The van der Waals surface area contributed by atoms with Crippen LogP contribution in [-0.4, -0.2) is 36.4 Å². The molecule has 8 heteroatoms. The summed E-state index contributed by atoms with van der Waals surface area (Å²) in [5, 5.41) is 19.7. The molecular formula is C12H12FNO6. The van der Waals surface area contributed by atoms with Crippen molar-refractivity contribution in [1.29, 1.82) is 0 Å². The maximum atomic E-state index is 13.6. The lowest BCUT2D eigenvalue weighted by Gasteiger charge is -2.11. The van der Waals surface area contributed by atoms with E-state index in [4.69, 9.17) is 19.7 Å². The zero-order valence-corrected chi connectivity index (χ0v) is 10.6. The number of carboxylic acids is 2. The molecule has 0 bridgehead atoms. The first-order chi connectivity index (χ1) is 9.40. The number of carbonyl (C=O) groups is 2. The van der Waals surface area contributed by atoms with Gasteiger partial charge in [-0.1, -0.05) is 0 Å². The summed E-state index contributed by atoms with van der Waals surface area (Å²) < 4.78 is 23.3. The molecule has 0 aromatic heterocycles. The van der Waals surface area contributed by atoms with E-state index in [-0.39, 0.29) is 17.2 Å². The first-order valence-corrected chi connectivity index (χ1v) is 5.25. The van der Waals surface area contributed by atoms with Gasteiger partial charge in [0.25, 0.3) is 0 Å². The van der Waals surface area contributed by atoms with Gasteiger partial charge in [-0.05, 0) is 0 Å². The minimum Gasteiger partial charge on any atom is -0.493 e. The lowest BCUT2D eigenvalue weighted by molar-refractivity contribution is -0.140. The van der Waals surface area contributed by atoms with Crippen LogP contribution in [0.2, 0.25) is 0 Å². The van der Waals surface area contributed by atoms with Crippen LogP contribution in [0, 0.1) is 5.82 Å². The van der Waals surface area contributed by atoms with Gasteiger partial charge in [-0.25, -0.2) is 14.0 Å². The van der Waals surface area contributed by atoms with Crippen LogP contribution < -0.4 is 14.8 Å². The van der Waals surface area contributed by atoms with Gasteiger partial charge in [-0.15, -0.1) is 0 Å². The van der Waals surface area contributed by atoms with Crippen LogP contribution in [-0.2, 0) is 9.59 Å². The van der Waals surface area contributed by atoms with E-state index >= 15 is 0 Å². The molecule has 0 spiro atoms. The minimum absolute atomic E-state index is 0.0793. The van der Waals surface area contributed by atoms with Crippen molar-refractivity contribution in [3.63, 3.8) is 0 Å². The zero-order chi connectivity index (χ0) is 15.3. The van der Waals surface area contributed by atoms with E-state index in [1.807, 2.05) is 0 Å². The molecule has 0 radical (unpaired) electrons. The molecule has 0 unspecified atom stereocenters. The molecule has 20 heavy (non-hydrogen) atoms. The van der Waals surface area contributed by atoms with Crippen molar-refractivity contribution in [2.45, 2.75) is 0 Å². The quantitative estimate of drug-likeness (QED) is 0.411. The van der Waals surface area contributed by atoms with Crippen LogP contribution in [0.5, 0.6) is 11.5 Å². The van der Waals surface area contributed by atoms with Crippen molar-refractivity contribution in [3.05, 3.63) is 29.7 Å². The van der Waals surface area contributed by atoms with Gasteiger partial charge in [0.1, 0.15) is 0 Å². The Labute approximate surface area is 113 Å². The summed E-state index contributed by atoms with van der Waals surface area (Å²) in [6, 6.07) is 2.35. The van der Waals surface area contributed by atoms with Crippen LogP contribution in [0.3, 0.4) is 0 Å². The molecule has 1 aromatic carbocycles. The van der Waals surface area contributed by atoms with Gasteiger partial charge in [0.15, 0.2) is 22.9 Å². The van der Waals surface area contributed by atoms with Gasteiger partial charge in [0.05, 0.1) is 14.2 Å². The van der Waals surface area contributed by atoms with E-state index in [0.29, 0.717) is 0 Å². The molecule has 0 heterocycles. The van der Waals surface area contributed by atoms with Crippen molar-refractivity contribution in [1.82, 2.24) is 0 Å². The molecule has 0 aliphatic carbocycles. The van der Waals surface area contributed by atoms with Gasteiger partial charge in [-0.2, -0.15) is 0 Å². The van der Waals surface area contributed by atoms with Gasteiger partial charge < -0.3 is 25.0 Å². The second-order valence-corrected chi connectivity index (χ2v) is 3.51. The number of hydrogen-bond donors (Lipinski definition) is 3. The SMILES string of the molecule is COc1cc(NC=C(C(=O)O)C(=O)O)cc(F)c1OC. The van der Waals surface area contributed by atoms with Gasteiger partial charge in [0.2, 0.25) is 0 Å². The number of anilines is 1. The van der Waals surface area contributed by atoms with Crippen molar-refractivity contribution in [3.8, 4) is 11.5 Å². The molecule has 0 amide bonds. The molecule has 0 saturated carbocycles. The summed E-state index contributed by atoms with van der Waals surface area (Å²) >= 11 is 0. The fourth-order valence-corrected chi connectivity index (χ4v) is 1.37. The lowest BCUT2D eigenvalue weighted by atomic mass is 10.2. The predicted octanol–water partition coefficient (Wildman–Crippen LogP) is 1.31. The standard InChI is InChI=1S/C12H12FNO6/c1-19-9-4-6(3-8(13)10(9)20-2)14-5-7(11(15)16)12(17)18/h3-5,14H,1-2H3,(H,15,16)(H,17,18). The maximum absolute atomic E-state index is 13.6. The molecule has 108 valence electrons. The number of methoxy groups -OCH3 is 2. The third-order valence-electron chi connectivity index (χ3n) is 2.28. The van der Waals surface area contributed by atoms with Crippen LogP contribution in [0.1, 0.15) is 0 Å². The fourth-order valence-electron chi connectivity index (χ4n) is 1.37. The molecule has 1 aromatic rings. The highest BCUT2D eigenvalue weighted by molar-refractivity contribution is 6.12. The number of aliphatic carboxylic acids is 2. The van der Waals surface area contributed by atoms with E-state index in [1.54, 1.807) is 0 Å². The first kappa shape index (κ1) is 15.3. The highest BCUT2D eigenvalue weighted by atomic mass is 19.1. The van der Waals surface area contributed by atoms with Crippen LogP contribution >= 0.6 is 0 Å². The normalized spacial score (nSPS) is 9.55. The molecule has 0 saturated heterocycles. The Hall–Kier alpha value is -2.77. The average molecular weight is 285 g/mol. The number of nitrogens with one attached hydrogen (secondary N) is 1. The summed E-state index contributed by atoms with van der Waals surface area (Å²) in [5.74, 6) is -4.01. The number of hydrogen-bond acceptors (Lipinski definition) is 5. The largest absolute Gasteiger partial charge is 0.493 e. The first-order valence-electron chi connectivity index (χ1n) is 5.25. The van der Waals surface area contributed by atoms with E-state index in [2.05, 4.69) is 5.32 Å². The number of carboxylic acid groups (broad SMARTS) is 2. The van der Waals surface area contributed by atoms with Gasteiger partial charge >= 0.3 is 11.9 Å². The Morgan fingerprint density at radius 2 is 1.80 bits per heavy atom. The second kappa shape index (κ2) is 6.41.